The zero-order chi connectivity index (χ0) is 21.7. The number of phenolic OH excluding ortho intramolecular Hbond substituents is 1. The third kappa shape index (κ3) is 4.55. The predicted octanol–water partition coefficient (Wildman–Crippen LogP) is 2.56. The van der Waals surface area contributed by atoms with Gasteiger partial charge >= 0.3 is 0 Å². The molecule has 3 rings (SSSR count). The summed E-state index contributed by atoms with van der Waals surface area (Å²) in [5.74, 6) is 2.23. The number of nitrogens with zero attached hydrogens (tertiary/aromatic N) is 5. The lowest BCUT2D eigenvalue weighted by molar-refractivity contribution is 0.144. The Morgan fingerprint density at radius 1 is 1.23 bits per heavy atom. The van der Waals surface area contributed by atoms with E-state index in [4.69, 9.17) is 22.0 Å². The van der Waals surface area contributed by atoms with Crippen LogP contribution in [0.5, 0.6) is 5.75 Å². The van der Waals surface area contributed by atoms with Gasteiger partial charge < -0.3 is 16.6 Å². The Kier molecular flexibility index (Phi) is 5.98. The zero-order valence-electron chi connectivity index (χ0n) is 16.1. The Labute approximate surface area is 173 Å². The van der Waals surface area contributed by atoms with Crippen molar-refractivity contribution < 1.29 is 9.50 Å². The predicted molar refractivity (Wildman–Crippen MR) is 111 cm³/mol. The third-order valence-corrected chi connectivity index (χ3v) is 5.09. The second-order valence-corrected chi connectivity index (χ2v) is 7.11. The van der Waals surface area contributed by atoms with E-state index in [9.17, 15) is 5.11 Å². The minimum absolute atomic E-state index is 0.0202. The van der Waals surface area contributed by atoms with Crippen LogP contribution in [0.15, 0.2) is 41.7 Å². The van der Waals surface area contributed by atoms with Crippen molar-refractivity contribution in [2.24, 2.45) is 16.5 Å². The minimum atomic E-state index is -1.57. The van der Waals surface area contributed by atoms with Crippen LogP contribution in [0.25, 0.3) is 5.70 Å². The summed E-state index contributed by atoms with van der Waals surface area (Å²) in [5, 5.41) is 28.1. The lowest BCUT2D eigenvalue weighted by Gasteiger charge is -2.31. The van der Waals surface area contributed by atoms with Crippen molar-refractivity contribution in [3.8, 4) is 17.8 Å². The van der Waals surface area contributed by atoms with Gasteiger partial charge in [0.1, 0.15) is 23.3 Å². The Morgan fingerprint density at radius 2 is 1.97 bits per heavy atom. The number of hydrogen-bond acceptors (Lipinski definition) is 7. The lowest BCUT2D eigenvalue weighted by atomic mass is 9.41. The molecule has 5 N–H and O–H groups in total. The van der Waals surface area contributed by atoms with Gasteiger partial charge in [-0.1, -0.05) is 18.7 Å². The van der Waals surface area contributed by atoms with Crippen LogP contribution < -0.4 is 11.5 Å². The SMILES string of the molecule is N#CB1CCC(F)(c2ccc(/C(N)=C/C(N)=Nc3cnc(C#N)cn3)c(O)c2)CC1. The van der Waals surface area contributed by atoms with Crippen molar-refractivity contribution in [3.63, 3.8) is 0 Å². The Morgan fingerprint density at radius 3 is 2.53 bits per heavy atom. The first kappa shape index (κ1) is 20.8. The number of hydrogen-bond donors (Lipinski definition) is 3. The summed E-state index contributed by atoms with van der Waals surface area (Å²) in [4.78, 5) is 11.8. The highest BCUT2D eigenvalue weighted by Gasteiger charge is 2.38. The van der Waals surface area contributed by atoms with E-state index in [1.165, 1.54) is 30.6 Å². The number of halogens is 1. The number of amidine groups is 1. The van der Waals surface area contributed by atoms with E-state index in [0.717, 1.165) is 0 Å². The molecular formula is C20H19BFN7O. The van der Waals surface area contributed by atoms with Gasteiger partial charge in [0.25, 0.3) is 6.71 Å². The van der Waals surface area contributed by atoms with Crippen LogP contribution in [0.4, 0.5) is 10.2 Å². The van der Waals surface area contributed by atoms with Crippen molar-refractivity contribution in [2.45, 2.75) is 31.2 Å². The molecule has 30 heavy (non-hydrogen) atoms. The molecule has 0 bridgehead atoms. The summed E-state index contributed by atoms with van der Waals surface area (Å²) < 4.78 is 15.3. The summed E-state index contributed by atoms with van der Waals surface area (Å²) in [7, 11) is 0. The van der Waals surface area contributed by atoms with E-state index < -0.39 is 5.67 Å². The molecule has 0 amide bonds. The molecule has 1 aliphatic rings. The van der Waals surface area contributed by atoms with Gasteiger partial charge in [-0.3, -0.25) is 0 Å². The maximum Gasteiger partial charge on any atom is 0.268 e. The molecule has 0 radical (unpaired) electrons. The van der Waals surface area contributed by atoms with Crippen LogP contribution in [-0.4, -0.2) is 27.6 Å². The van der Waals surface area contributed by atoms with Gasteiger partial charge in [-0.25, -0.2) is 24.6 Å². The molecule has 150 valence electrons. The van der Waals surface area contributed by atoms with Crippen LogP contribution in [-0.2, 0) is 5.67 Å². The summed E-state index contributed by atoms with van der Waals surface area (Å²) in [6.07, 6.45) is 5.36. The molecule has 0 spiro atoms. The van der Waals surface area contributed by atoms with Crippen molar-refractivity contribution in [2.75, 3.05) is 0 Å². The van der Waals surface area contributed by atoms with Crippen LogP contribution in [0.1, 0.15) is 29.7 Å². The highest BCUT2D eigenvalue weighted by Crippen LogP contribution is 2.42. The molecule has 0 aliphatic carbocycles. The Hall–Kier alpha value is -3.92. The second-order valence-electron chi connectivity index (χ2n) is 7.11. The molecule has 2 aromatic rings. The van der Waals surface area contributed by atoms with Gasteiger partial charge in [0, 0.05) is 23.3 Å². The summed E-state index contributed by atoms with van der Waals surface area (Å²) >= 11 is 0. The highest BCUT2D eigenvalue weighted by atomic mass is 19.1. The van der Waals surface area contributed by atoms with Gasteiger partial charge in [-0.2, -0.15) is 5.26 Å². The number of nitriles is 2. The summed E-state index contributed by atoms with van der Waals surface area (Å²) in [6.45, 7) is -0.122. The molecule has 0 atom stereocenters. The fourth-order valence-corrected chi connectivity index (χ4v) is 3.39. The molecule has 1 saturated heterocycles. The smallest absolute Gasteiger partial charge is 0.268 e. The maximum absolute atomic E-state index is 15.3. The monoisotopic (exact) mass is 403 g/mol. The average Bonchev–Trinajstić information content (AvgIpc) is 2.74. The molecule has 1 fully saturated rings. The van der Waals surface area contributed by atoms with Crippen molar-refractivity contribution >= 4 is 24.1 Å². The average molecular weight is 403 g/mol. The lowest BCUT2D eigenvalue weighted by Crippen LogP contribution is -2.30. The van der Waals surface area contributed by atoms with Gasteiger partial charge in [0.15, 0.2) is 11.5 Å². The number of aliphatic imine (C=N–C) groups is 1. The number of benzene rings is 1. The number of nitrogens with two attached hydrogens (primary N) is 2. The van der Waals surface area contributed by atoms with E-state index >= 15 is 4.39 Å². The van der Waals surface area contributed by atoms with Crippen LogP contribution in [0, 0.1) is 22.6 Å². The molecule has 10 heteroatoms. The highest BCUT2D eigenvalue weighted by molar-refractivity contribution is 6.67. The quantitative estimate of drug-likeness (QED) is 0.402. The van der Waals surface area contributed by atoms with E-state index in [1.54, 1.807) is 6.07 Å². The molecule has 1 aromatic carbocycles. The zero-order valence-corrected chi connectivity index (χ0v) is 16.1. The van der Waals surface area contributed by atoms with Crippen molar-refractivity contribution in [1.29, 1.82) is 10.5 Å². The molecular weight excluding hydrogens is 384 g/mol. The summed E-state index contributed by atoms with van der Waals surface area (Å²) in [5.41, 5.74) is 11.2. The van der Waals surface area contributed by atoms with Crippen molar-refractivity contribution in [3.05, 3.63) is 53.5 Å². The molecule has 0 saturated carbocycles. The fraction of sp³-hybridized carbons (Fsp3) is 0.250. The first-order valence-electron chi connectivity index (χ1n) is 9.30. The molecule has 1 aliphatic heterocycles. The van der Waals surface area contributed by atoms with Crippen molar-refractivity contribution in [1.82, 2.24) is 9.97 Å². The molecule has 8 nitrogen and oxygen atoms in total. The number of aromatic hydroxyl groups is 1. The Balaban J connectivity index is 1.79. The maximum atomic E-state index is 15.3. The van der Waals surface area contributed by atoms with Gasteiger partial charge in [-0.05, 0) is 30.5 Å². The number of aromatic nitrogens is 2. The molecule has 0 unspecified atom stereocenters. The van der Waals surface area contributed by atoms with E-state index in [1.807, 2.05) is 6.07 Å². The fourth-order valence-electron chi connectivity index (χ4n) is 3.39. The van der Waals surface area contributed by atoms with Crippen LogP contribution in [0.2, 0.25) is 12.6 Å². The third-order valence-electron chi connectivity index (χ3n) is 5.09. The Bertz CT molecular complexity index is 1080. The van der Waals surface area contributed by atoms with Gasteiger partial charge in [0.2, 0.25) is 0 Å². The first-order chi connectivity index (χ1) is 14.3. The second kappa shape index (κ2) is 8.62. The van der Waals surface area contributed by atoms with Gasteiger partial charge in [-0.15, -0.1) is 0 Å². The summed E-state index contributed by atoms with van der Waals surface area (Å²) in [6, 6.07) is 6.33. The number of rotatable bonds is 4. The first-order valence-corrected chi connectivity index (χ1v) is 9.30. The topological polar surface area (TPSA) is 158 Å². The van der Waals surface area contributed by atoms with E-state index in [0.29, 0.717) is 18.2 Å². The van der Waals surface area contributed by atoms with Crippen LogP contribution >= 0.6 is 0 Å². The molecule has 1 aromatic heterocycles. The standard InChI is InChI=1S/C20H19BFN7O/c22-20(3-5-21(12-24)6-4-20)13-1-2-15(17(30)7-13)16(25)8-18(26)29-19-11-27-14(9-23)10-28-19/h1-2,7-8,10-11,30H,3-6,25H2,(H2,26,28,29)/b16-8-. The normalized spacial score (nSPS) is 16.6. The van der Waals surface area contributed by atoms with Crippen LogP contribution in [0.3, 0.4) is 0 Å². The molecule has 2 heterocycles. The number of alkyl halides is 1. The van der Waals surface area contributed by atoms with E-state index in [-0.39, 0.29) is 53.9 Å². The van der Waals surface area contributed by atoms with Gasteiger partial charge in [0.05, 0.1) is 12.4 Å². The largest absolute Gasteiger partial charge is 0.507 e. The van der Waals surface area contributed by atoms with E-state index in [2.05, 4.69) is 20.9 Å². The minimum Gasteiger partial charge on any atom is -0.507 e. The number of phenols is 1.